The molecule has 0 rings (SSSR count). The molecule has 0 aliphatic heterocycles. The number of unbranched alkanes of at least 4 members (excludes halogenated alkanes) is 3. The molecule has 0 amide bonds. The van der Waals surface area contributed by atoms with Crippen LogP contribution in [0.1, 0.15) is 25.7 Å². The fourth-order valence-corrected chi connectivity index (χ4v) is 3.26. The lowest BCUT2D eigenvalue weighted by molar-refractivity contribution is -0.450. The van der Waals surface area contributed by atoms with Gasteiger partial charge in [0.25, 0.3) is 0 Å². The molecule has 0 heterocycles. The van der Waals surface area contributed by atoms with Gasteiger partial charge in [0.1, 0.15) is 0 Å². The van der Waals surface area contributed by atoms with Crippen LogP contribution in [0.3, 0.4) is 0 Å². The molecule has 0 N–H and O–H groups in total. The molecule has 0 aromatic heterocycles. The second-order valence-electron chi connectivity index (χ2n) is 10.6. The molecule has 56 heavy (non-hydrogen) atoms. The minimum absolute atomic E-state index is 0.876. The highest BCUT2D eigenvalue weighted by Crippen LogP contribution is 2.64. The molecule has 334 valence electrons. The van der Waals surface area contributed by atoms with Crippen molar-refractivity contribution in [3.63, 3.8) is 0 Å². The molecule has 0 saturated heterocycles. The summed E-state index contributed by atoms with van der Waals surface area (Å²) < 4.78 is 400. The average molecular weight is 910 g/mol. The molecule has 0 radical (unpaired) electrons. The van der Waals surface area contributed by atoms with Crippen LogP contribution >= 0.6 is 0 Å². The number of hydrogen-bond donors (Lipinski definition) is 0. The van der Waals surface area contributed by atoms with E-state index in [1.54, 1.807) is 0 Å². The van der Waals surface area contributed by atoms with Crippen molar-refractivity contribution < 1.29 is 151 Å². The third kappa shape index (κ3) is 7.73. The third-order valence-electron chi connectivity index (χ3n) is 6.67. The van der Waals surface area contributed by atoms with Crippen molar-refractivity contribution in [1.82, 2.24) is 0 Å². The molecule has 0 fully saturated rings. The van der Waals surface area contributed by atoms with Crippen LogP contribution < -0.4 is 0 Å². The van der Waals surface area contributed by atoms with Crippen LogP contribution in [-0.4, -0.2) is 109 Å². The highest BCUT2D eigenvalue weighted by molar-refractivity contribution is 5.79. The zero-order valence-electron chi connectivity index (χ0n) is 25.2. The Labute approximate surface area is 286 Å². The van der Waals surface area contributed by atoms with E-state index in [1.165, 1.54) is 0 Å². The zero-order valence-corrected chi connectivity index (χ0v) is 25.2. The van der Waals surface area contributed by atoms with Crippen molar-refractivity contribution in [2.24, 2.45) is 0 Å². The standard InChI is InChI=1S/C22H12F30O4/c23-9(24,11(27,28)13(31,32)15(35,36)17(39,40)19(43,44)21(47,48)49)7(53)55-5-3-1-2-4-6-56-8(54)10(25,26)12(29,30)14(33,34)16(37,38)18(41,42)20(45,46)22(50,51)52/h1-6H2. The second kappa shape index (κ2) is 14.9. The molecule has 34 heteroatoms. The highest BCUT2D eigenvalue weighted by Gasteiger charge is 2.96. The predicted octanol–water partition coefficient (Wildman–Crippen LogP) is 10.4. The maximum absolute atomic E-state index is 13.7. The zero-order chi connectivity index (χ0) is 45.8. The summed E-state index contributed by atoms with van der Waals surface area (Å²) in [6, 6.07) is 0. The van der Waals surface area contributed by atoms with Crippen molar-refractivity contribution in [2.45, 2.75) is 109 Å². The second-order valence-corrected chi connectivity index (χ2v) is 10.6. The summed E-state index contributed by atoms with van der Waals surface area (Å²) >= 11 is 0. The van der Waals surface area contributed by atoms with E-state index in [4.69, 9.17) is 0 Å². The molecule has 0 aliphatic rings. The number of rotatable bonds is 19. The summed E-state index contributed by atoms with van der Waals surface area (Å²) in [6.07, 6.45) is -19.8. The van der Waals surface area contributed by atoms with Gasteiger partial charge in [0.05, 0.1) is 13.2 Å². The maximum atomic E-state index is 13.7. The maximum Gasteiger partial charge on any atom is 0.460 e. The lowest BCUT2D eigenvalue weighted by Gasteiger charge is -2.40. The van der Waals surface area contributed by atoms with Crippen molar-refractivity contribution in [3.05, 3.63) is 0 Å². The van der Waals surface area contributed by atoms with Crippen LogP contribution in [0.2, 0.25) is 0 Å². The first-order chi connectivity index (χ1) is 24.0. The molecule has 0 unspecified atom stereocenters. The monoisotopic (exact) mass is 910 g/mol. The molecule has 0 spiro atoms. The Morgan fingerprint density at radius 3 is 0.643 bits per heavy atom. The quantitative estimate of drug-likeness (QED) is 0.0736. The van der Waals surface area contributed by atoms with Crippen LogP contribution in [0.4, 0.5) is 132 Å². The summed E-state index contributed by atoms with van der Waals surface area (Å²) in [5.74, 6) is -108. The lowest BCUT2D eigenvalue weighted by atomic mass is 9.91. The molecular weight excluding hydrogens is 898 g/mol. The number of halogens is 30. The SMILES string of the molecule is O=C(OCCCCCCOC(=O)C(F)(F)C(F)(F)C(F)(F)C(F)(F)C(F)(F)C(F)(F)C(F)(F)F)C(F)(F)C(F)(F)C(F)(F)C(F)(F)C(F)(F)C(F)(F)C(F)(F)F. The Kier molecular flexibility index (Phi) is 14.1. The van der Waals surface area contributed by atoms with Gasteiger partial charge in [-0.05, 0) is 25.7 Å². The van der Waals surface area contributed by atoms with E-state index in [0.29, 0.717) is 0 Å². The summed E-state index contributed by atoms with van der Waals surface area (Å²) in [6.45, 7) is -3.64. The van der Waals surface area contributed by atoms with Gasteiger partial charge >= 0.3 is 95.4 Å². The average Bonchev–Trinajstić information content (AvgIpc) is 2.99. The van der Waals surface area contributed by atoms with E-state index < -0.39 is 134 Å². The first-order valence-electron chi connectivity index (χ1n) is 13.1. The summed E-state index contributed by atoms with van der Waals surface area (Å²) in [7, 11) is 0. The van der Waals surface area contributed by atoms with Crippen molar-refractivity contribution in [3.8, 4) is 0 Å². The summed E-state index contributed by atoms with van der Waals surface area (Å²) in [5.41, 5.74) is 0. The number of hydrogen-bond acceptors (Lipinski definition) is 4. The van der Waals surface area contributed by atoms with E-state index in [0.717, 1.165) is 0 Å². The molecule has 4 nitrogen and oxygen atoms in total. The Bertz CT molecular complexity index is 1290. The summed E-state index contributed by atoms with van der Waals surface area (Å²) in [5, 5.41) is 0. The van der Waals surface area contributed by atoms with E-state index in [1.807, 2.05) is 0 Å². The first kappa shape index (κ1) is 52.8. The molecule has 0 saturated carbocycles. The van der Waals surface area contributed by atoms with Crippen molar-refractivity contribution in [1.29, 1.82) is 0 Å². The van der Waals surface area contributed by atoms with E-state index in [2.05, 4.69) is 9.47 Å². The van der Waals surface area contributed by atoms with Crippen LogP contribution in [0.5, 0.6) is 0 Å². The Hall–Kier alpha value is -3.16. The Morgan fingerprint density at radius 2 is 0.446 bits per heavy atom. The van der Waals surface area contributed by atoms with Gasteiger partial charge in [-0.2, -0.15) is 132 Å². The van der Waals surface area contributed by atoms with Crippen LogP contribution in [0, 0.1) is 0 Å². The molecule has 0 bridgehead atoms. The third-order valence-corrected chi connectivity index (χ3v) is 6.67. The normalized spacial score (nSPS) is 15.9. The first-order valence-corrected chi connectivity index (χ1v) is 13.1. The van der Waals surface area contributed by atoms with Gasteiger partial charge in [-0.15, -0.1) is 0 Å². The predicted molar refractivity (Wildman–Crippen MR) is 112 cm³/mol. The molecule has 0 aromatic carbocycles. The highest BCUT2D eigenvalue weighted by atomic mass is 19.4. The molecular formula is C22H12F30O4. The fourth-order valence-electron chi connectivity index (χ4n) is 3.26. The number of carbonyl (C=O) groups is 2. The number of alkyl halides is 30. The van der Waals surface area contributed by atoms with Gasteiger partial charge in [0, 0.05) is 0 Å². The van der Waals surface area contributed by atoms with Crippen molar-refractivity contribution in [2.75, 3.05) is 13.2 Å². The van der Waals surface area contributed by atoms with E-state index >= 15 is 0 Å². The number of esters is 2. The van der Waals surface area contributed by atoms with Gasteiger partial charge in [-0.1, -0.05) is 0 Å². The van der Waals surface area contributed by atoms with E-state index in [9.17, 15) is 141 Å². The minimum atomic E-state index is -8.75. The van der Waals surface area contributed by atoms with Gasteiger partial charge in [0.2, 0.25) is 0 Å². The van der Waals surface area contributed by atoms with Crippen LogP contribution in [0.15, 0.2) is 0 Å². The van der Waals surface area contributed by atoms with Gasteiger partial charge in [-0.25, -0.2) is 9.59 Å². The van der Waals surface area contributed by atoms with Gasteiger partial charge < -0.3 is 9.47 Å². The van der Waals surface area contributed by atoms with E-state index in [-0.39, 0.29) is 0 Å². The molecule has 0 aliphatic carbocycles. The molecule has 0 atom stereocenters. The minimum Gasteiger partial charge on any atom is -0.461 e. The van der Waals surface area contributed by atoms with Crippen LogP contribution in [0.25, 0.3) is 0 Å². The Balaban J connectivity index is 5.57. The summed E-state index contributed by atoms with van der Waals surface area (Å²) in [4.78, 5) is 22.4. The molecule has 0 aromatic rings. The smallest absolute Gasteiger partial charge is 0.460 e. The number of ether oxygens (including phenoxy) is 2. The Morgan fingerprint density at radius 1 is 0.268 bits per heavy atom. The van der Waals surface area contributed by atoms with Crippen molar-refractivity contribution >= 4 is 11.9 Å². The topological polar surface area (TPSA) is 52.6 Å². The van der Waals surface area contributed by atoms with Gasteiger partial charge in [0.15, 0.2) is 0 Å². The van der Waals surface area contributed by atoms with Crippen LogP contribution in [-0.2, 0) is 19.1 Å². The largest absolute Gasteiger partial charge is 0.461 e. The number of carbonyl (C=O) groups excluding carboxylic acids is 2. The van der Waals surface area contributed by atoms with Gasteiger partial charge in [-0.3, -0.25) is 0 Å². The fraction of sp³-hybridized carbons (Fsp3) is 0.909. The lowest BCUT2D eigenvalue weighted by Crippen LogP contribution is -2.73.